The lowest BCUT2D eigenvalue weighted by Crippen LogP contribution is -2.39. The Bertz CT molecular complexity index is 521. The van der Waals surface area contributed by atoms with Crippen molar-refractivity contribution in [1.82, 2.24) is 10.2 Å². The van der Waals surface area contributed by atoms with Gasteiger partial charge in [-0.25, -0.2) is 0 Å². The van der Waals surface area contributed by atoms with Crippen LogP contribution in [0.25, 0.3) is 0 Å². The van der Waals surface area contributed by atoms with Gasteiger partial charge in [-0.1, -0.05) is 20.8 Å². The third-order valence-electron chi connectivity index (χ3n) is 3.63. The Kier molecular flexibility index (Phi) is 7.20. The van der Waals surface area contributed by atoms with E-state index in [4.69, 9.17) is 9.47 Å². The largest absolute Gasteiger partial charge is 0.497 e. The first-order valence-corrected chi connectivity index (χ1v) is 7.93. The van der Waals surface area contributed by atoms with E-state index in [0.717, 1.165) is 36.0 Å². The Morgan fingerprint density at radius 1 is 1.22 bits per heavy atom. The maximum Gasteiger partial charge on any atom is 0.193 e. The molecule has 0 aliphatic heterocycles. The molecule has 1 N–H and O–H groups in total. The minimum Gasteiger partial charge on any atom is -0.497 e. The molecule has 0 heterocycles. The summed E-state index contributed by atoms with van der Waals surface area (Å²) in [6.07, 6.45) is 1.09. The van der Waals surface area contributed by atoms with Gasteiger partial charge < -0.3 is 19.7 Å². The normalized spacial score (nSPS) is 12.0. The average molecular weight is 321 g/mol. The SMILES string of the molecule is CN=C(NCCC(C)(C)C)N(C)Cc1ccc(OC)cc1OC. The van der Waals surface area contributed by atoms with E-state index in [2.05, 4.69) is 36.0 Å². The van der Waals surface area contributed by atoms with E-state index in [0.29, 0.717) is 12.0 Å². The summed E-state index contributed by atoms with van der Waals surface area (Å²) in [4.78, 5) is 6.45. The molecule has 0 aromatic heterocycles. The molecule has 0 radical (unpaired) electrons. The first-order chi connectivity index (χ1) is 10.8. The highest BCUT2D eigenvalue weighted by Gasteiger charge is 2.13. The zero-order valence-electron chi connectivity index (χ0n) is 15.6. The molecule has 0 saturated heterocycles. The molecule has 0 amide bonds. The molecule has 1 aromatic rings. The molecule has 5 nitrogen and oxygen atoms in total. The highest BCUT2D eigenvalue weighted by atomic mass is 16.5. The van der Waals surface area contributed by atoms with Gasteiger partial charge in [0.25, 0.3) is 0 Å². The summed E-state index contributed by atoms with van der Waals surface area (Å²) >= 11 is 0. The quantitative estimate of drug-likeness (QED) is 0.646. The molecule has 0 unspecified atom stereocenters. The second kappa shape index (κ2) is 8.65. The molecule has 0 fully saturated rings. The molecule has 0 atom stereocenters. The van der Waals surface area contributed by atoms with E-state index in [1.165, 1.54) is 0 Å². The van der Waals surface area contributed by atoms with Gasteiger partial charge in [0.2, 0.25) is 0 Å². The van der Waals surface area contributed by atoms with Crippen molar-refractivity contribution in [3.05, 3.63) is 23.8 Å². The second-order valence-electron chi connectivity index (χ2n) is 6.82. The van der Waals surface area contributed by atoms with E-state index >= 15 is 0 Å². The van der Waals surface area contributed by atoms with Gasteiger partial charge in [-0.15, -0.1) is 0 Å². The number of benzene rings is 1. The van der Waals surface area contributed by atoms with Crippen LogP contribution in [0, 0.1) is 5.41 Å². The molecule has 0 saturated carbocycles. The van der Waals surface area contributed by atoms with E-state index < -0.39 is 0 Å². The maximum absolute atomic E-state index is 5.46. The predicted molar refractivity (Wildman–Crippen MR) is 96.4 cm³/mol. The zero-order chi connectivity index (χ0) is 17.5. The third kappa shape index (κ3) is 6.38. The Morgan fingerprint density at radius 2 is 1.91 bits per heavy atom. The van der Waals surface area contributed by atoms with E-state index in [1.807, 2.05) is 25.2 Å². The summed E-state index contributed by atoms with van der Waals surface area (Å²) in [5.41, 5.74) is 1.40. The van der Waals surface area contributed by atoms with Crippen LogP contribution in [0.1, 0.15) is 32.8 Å². The fraction of sp³-hybridized carbons (Fsp3) is 0.611. The summed E-state index contributed by atoms with van der Waals surface area (Å²) in [5, 5.41) is 3.42. The monoisotopic (exact) mass is 321 g/mol. The summed E-state index contributed by atoms with van der Waals surface area (Å²) in [6, 6.07) is 5.87. The molecule has 0 aliphatic carbocycles. The summed E-state index contributed by atoms with van der Waals surface area (Å²) in [6.45, 7) is 8.33. The molecule has 1 rings (SSSR count). The number of aliphatic imine (C=N–C) groups is 1. The minimum atomic E-state index is 0.309. The smallest absolute Gasteiger partial charge is 0.193 e. The fourth-order valence-corrected chi connectivity index (χ4v) is 2.25. The standard InChI is InChI=1S/C18H31N3O2/c1-18(2,3)10-11-20-17(19-4)21(5)13-14-8-9-15(22-6)12-16(14)23-7/h8-9,12H,10-11,13H2,1-7H3,(H,19,20). The van der Waals surface area contributed by atoms with Crippen molar-refractivity contribution in [2.75, 3.05) is 34.9 Å². The number of nitrogens with zero attached hydrogens (tertiary/aromatic N) is 2. The van der Waals surface area contributed by atoms with Crippen molar-refractivity contribution in [2.45, 2.75) is 33.7 Å². The lowest BCUT2D eigenvalue weighted by Gasteiger charge is -2.25. The molecule has 5 heteroatoms. The van der Waals surface area contributed by atoms with Crippen LogP contribution in [0.3, 0.4) is 0 Å². The van der Waals surface area contributed by atoms with Crippen LogP contribution < -0.4 is 14.8 Å². The Labute approximate surface area is 140 Å². The number of hydrogen-bond donors (Lipinski definition) is 1. The van der Waals surface area contributed by atoms with Crippen molar-refractivity contribution in [2.24, 2.45) is 10.4 Å². The van der Waals surface area contributed by atoms with Gasteiger partial charge in [0.1, 0.15) is 11.5 Å². The molecule has 23 heavy (non-hydrogen) atoms. The van der Waals surface area contributed by atoms with Crippen molar-refractivity contribution in [3.8, 4) is 11.5 Å². The Balaban J connectivity index is 2.71. The minimum absolute atomic E-state index is 0.309. The van der Waals surface area contributed by atoms with Crippen molar-refractivity contribution < 1.29 is 9.47 Å². The average Bonchev–Trinajstić information content (AvgIpc) is 2.50. The summed E-state index contributed by atoms with van der Waals surface area (Å²) in [7, 11) is 7.16. The van der Waals surface area contributed by atoms with Gasteiger partial charge in [0.15, 0.2) is 5.96 Å². The molecule has 0 aliphatic rings. The topological polar surface area (TPSA) is 46.1 Å². The second-order valence-corrected chi connectivity index (χ2v) is 6.82. The number of nitrogens with one attached hydrogen (secondary N) is 1. The lowest BCUT2D eigenvalue weighted by atomic mass is 9.92. The first-order valence-electron chi connectivity index (χ1n) is 7.93. The molecule has 130 valence electrons. The van der Waals surface area contributed by atoms with Crippen LogP contribution in [0.2, 0.25) is 0 Å². The van der Waals surface area contributed by atoms with Gasteiger partial charge >= 0.3 is 0 Å². The van der Waals surface area contributed by atoms with Crippen molar-refractivity contribution in [3.63, 3.8) is 0 Å². The van der Waals surface area contributed by atoms with Crippen molar-refractivity contribution in [1.29, 1.82) is 0 Å². The zero-order valence-corrected chi connectivity index (χ0v) is 15.6. The third-order valence-corrected chi connectivity index (χ3v) is 3.63. The van der Waals surface area contributed by atoms with Gasteiger partial charge in [-0.2, -0.15) is 0 Å². The molecule has 0 bridgehead atoms. The molecule has 0 spiro atoms. The number of ether oxygens (including phenoxy) is 2. The van der Waals surface area contributed by atoms with Gasteiger partial charge in [0.05, 0.1) is 14.2 Å². The van der Waals surface area contributed by atoms with E-state index in [-0.39, 0.29) is 0 Å². The van der Waals surface area contributed by atoms with Crippen LogP contribution in [0.5, 0.6) is 11.5 Å². The summed E-state index contributed by atoms with van der Waals surface area (Å²) < 4.78 is 10.7. The lowest BCUT2D eigenvalue weighted by molar-refractivity contribution is 0.369. The Hall–Kier alpha value is -1.91. The number of hydrogen-bond acceptors (Lipinski definition) is 3. The van der Waals surface area contributed by atoms with Crippen LogP contribution in [-0.4, -0.2) is 45.7 Å². The number of rotatable bonds is 6. The number of methoxy groups -OCH3 is 2. The molecular formula is C18H31N3O2. The van der Waals surface area contributed by atoms with Gasteiger partial charge in [-0.05, 0) is 24.0 Å². The molecular weight excluding hydrogens is 290 g/mol. The van der Waals surface area contributed by atoms with Crippen LogP contribution in [0.4, 0.5) is 0 Å². The van der Waals surface area contributed by atoms with Crippen LogP contribution >= 0.6 is 0 Å². The number of guanidine groups is 1. The van der Waals surface area contributed by atoms with Crippen LogP contribution in [-0.2, 0) is 6.54 Å². The summed E-state index contributed by atoms with van der Waals surface area (Å²) in [5.74, 6) is 2.49. The highest BCUT2D eigenvalue weighted by Crippen LogP contribution is 2.25. The van der Waals surface area contributed by atoms with Gasteiger partial charge in [-0.3, -0.25) is 4.99 Å². The maximum atomic E-state index is 5.46. The predicted octanol–water partition coefficient (Wildman–Crippen LogP) is 3.15. The van der Waals surface area contributed by atoms with E-state index in [9.17, 15) is 0 Å². The van der Waals surface area contributed by atoms with E-state index in [1.54, 1.807) is 21.3 Å². The first kappa shape index (κ1) is 19.1. The molecule has 1 aromatic carbocycles. The van der Waals surface area contributed by atoms with Gasteiger partial charge in [0, 0.05) is 38.8 Å². The fourth-order valence-electron chi connectivity index (χ4n) is 2.25. The van der Waals surface area contributed by atoms with Crippen LogP contribution in [0.15, 0.2) is 23.2 Å². The highest BCUT2D eigenvalue weighted by molar-refractivity contribution is 5.79. The Morgan fingerprint density at radius 3 is 2.43 bits per heavy atom. The van der Waals surface area contributed by atoms with Crippen molar-refractivity contribution >= 4 is 5.96 Å².